The molecule has 1 aliphatic carbocycles. The van der Waals surface area contributed by atoms with E-state index < -0.39 is 0 Å². The molecule has 3 rings (SSSR count). The van der Waals surface area contributed by atoms with Crippen LogP contribution in [0.3, 0.4) is 0 Å². The molecule has 0 radical (unpaired) electrons. The standard InChI is InChI=1S/C19H27N5O/c1-3-13-5-4-6-16(9-13)25-8-7-24(2)18-12-17(22-19(21)23-18)14-10-15(20)11-14/h4-6,9,12,14-15H,3,7-8,10-11,20H2,1-2H3,(H2,21,22,23). The van der Waals surface area contributed by atoms with E-state index in [1.54, 1.807) is 0 Å². The van der Waals surface area contributed by atoms with Crippen LogP contribution in [-0.2, 0) is 6.42 Å². The van der Waals surface area contributed by atoms with E-state index in [0.29, 0.717) is 18.5 Å². The monoisotopic (exact) mass is 341 g/mol. The number of ether oxygens (including phenoxy) is 1. The van der Waals surface area contributed by atoms with Gasteiger partial charge in [0.05, 0.1) is 12.2 Å². The van der Waals surface area contributed by atoms with Crippen molar-refractivity contribution >= 4 is 11.8 Å². The van der Waals surface area contributed by atoms with E-state index in [9.17, 15) is 0 Å². The maximum atomic E-state index is 5.89. The van der Waals surface area contributed by atoms with Crippen molar-refractivity contribution in [1.29, 1.82) is 0 Å². The lowest BCUT2D eigenvalue weighted by Crippen LogP contribution is -2.35. The quantitative estimate of drug-likeness (QED) is 0.803. The largest absolute Gasteiger partial charge is 0.492 e. The molecular weight excluding hydrogens is 314 g/mol. The second-order valence-corrected chi connectivity index (χ2v) is 6.71. The van der Waals surface area contributed by atoms with Gasteiger partial charge in [0.15, 0.2) is 0 Å². The maximum absolute atomic E-state index is 5.89. The van der Waals surface area contributed by atoms with Gasteiger partial charge in [-0.25, -0.2) is 4.98 Å². The summed E-state index contributed by atoms with van der Waals surface area (Å²) in [6.45, 7) is 3.44. The van der Waals surface area contributed by atoms with E-state index in [-0.39, 0.29) is 6.04 Å². The van der Waals surface area contributed by atoms with Gasteiger partial charge in [0.25, 0.3) is 0 Å². The number of benzene rings is 1. The summed E-state index contributed by atoms with van der Waals surface area (Å²) in [5.41, 5.74) is 14.0. The Kier molecular flexibility index (Phi) is 5.38. The number of nitrogen functional groups attached to an aromatic ring is 1. The van der Waals surface area contributed by atoms with Crippen molar-refractivity contribution in [3.05, 3.63) is 41.6 Å². The van der Waals surface area contributed by atoms with Crippen LogP contribution in [0.2, 0.25) is 0 Å². The highest BCUT2D eigenvalue weighted by Gasteiger charge is 2.29. The van der Waals surface area contributed by atoms with Crippen LogP contribution in [0.4, 0.5) is 11.8 Å². The minimum atomic E-state index is 0.287. The maximum Gasteiger partial charge on any atom is 0.222 e. The topological polar surface area (TPSA) is 90.3 Å². The van der Waals surface area contributed by atoms with E-state index in [2.05, 4.69) is 29.0 Å². The van der Waals surface area contributed by atoms with Gasteiger partial charge < -0.3 is 21.1 Å². The summed E-state index contributed by atoms with van der Waals surface area (Å²) in [6, 6.07) is 10.5. The molecule has 134 valence electrons. The molecule has 1 aromatic carbocycles. The zero-order valence-corrected chi connectivity index (χ0v) is 15.0. The van der Waals surface area contributed by atoms with Crippen LogP contribution in [0.15, 0.2) is 30.3 Å². The molecule has 1 aliphatic rings. The number of aromatic nitrogens is 2. The first-order chi connectivity index (χ1) is 12.0. The third-order valence-electron chi connectivity index (χ3n) is 4.74. The van der Waals surface area contributed by atoms with Crippen molar-refractivity contribution in [3.8, 4) is 5.75 Å². The number of nitrogens with two attached hydrogens (primary N) is 2. The molecular formula is C19H27N5O. The van der Waals surface area contributed by atoms with Crippen LogP contribution in [-0.4, -0.2) is 36.2 Å². The van der Waals surface area contributed by atoms with Crippen molar-refractivity contribution in [2.75, 3.05) is 30.8 Å². The van der Waals surface area contributed by atoms with Crippen LogP contribution in [0.5, 0.6) is 5.75 Å². The Labute approximate surface area is 149 Å². The number of hydrogen-bond acceptors (Lipinski definition) is 6. The van der Waals surface area contributed by atoms with Crippen molar-refractivity contribution in [1.82, 2.24) is 9.97 Å². The fourth-order valence-electron chi connectivity index (χ4n) is 3.05. The summed E-state index contributed by atoms with van der Waals surface area (Å²) in [5, 5.41) is 0. The highest BCUT2D eigenvalue weighted by Crippen LogP contribution is 2.35. The van der Waals surface area contributed by atoms with Crippen molar-refractivity contribution in [2.45, 2.75) is 38.1 Å². The zero-order chi connectivity index (χ0) is 17.8. The van der Waals surface area contributed by atoms with Gasteiger partial charge >= 0.3 is 0 Å². The van der Waals surface area contributed by atoms with Crippen molar-refractivity contribution < 1.29 is 4.74 Å². The summed E-state index contributed by atoms with van der Waals surface area (Å²) in [6.07, 6.45) is 2.94. The Morgan fingerprint density at radius 1 is 1.24 bits per heavy atom. The third-order valence-corrected chi connectivity index (χ3v) is 4.74. The van der Waals surface area contributed by atoms with Crippen LogP contribution in [0.25, 0.3) is 0 Å². The van der Waals surface area contributed by atoms with Gasteiger partial charge in [-0.2, -0.15) is 4.98 Å². The van der Waals surface area contributed by atoms with Gasteiger partial charge in [0, 0.05) is 25.1 Å². The lowest BCUT2D eigenvalue weighted by atomic mass is 9.78. The first-order valence-corrected chi connectivity index (χ1v) is 8.88. The normalized spacial score (nSPS) is 19.3. The Morgan fingerprint density at radius 2 is 2.04 bits per heavy atom. The SMILES string of the molecule is CCc1cccc(OCCN(C)c2cc(C3CC(N)C3)nc(N)n2)c1. The molecule has 0 spiro atoms. The van der Waals surface area contributed by atoms with Gasteiger partial charge in [-0.05, 0) is 37.0 Å². The van der Waals surface area contributed by atoms with E-state index in [1.165, 1.54) is 5.56 Å². The Hall–Kier alpha value is -2.34. The van der Waals surface area contributed by atoms with Crippen molar-refractivity contribution in [3.63, 3.8) is 0 Å². The summed E-state index contributed by atoms with van der Waals surface area (Å²) in [5.74, 6) is 2.45. The van der Waals surface area contributed by atoms with Gasteiger partial charge in [0.2, 0.25) is 5.95 Å². The van der Waals surface area contributed by atoms with Crippen LogP contribution < -0.4 is 21.1 Å². The van der Waals surface area contributed by atoms with Crippen molar-refractivity contribution in [2.24, 2.45) is 5.73 Å². The Bertz CT molecular complexity index is 715. The molecule has 1 heterocycles. The minimum Gasteiger partial charge on any atom is -0.492 e. The van der Waals surface area contributed by atoms with Gasteiger partial charge in [0.1, 0.15) is 18.2 Å². The summed E-state index contributed by atoms with van der Waals surface area (Å²) >= 11 is 0. The fourth-order valence-corrected chi connectivity index (χ4v) is 3.05. The molecule has 1 saturated carbocycles. The molecule has 0 aliphatic heterocycles. The number of aryl methyl sites for hydroxylation is 1. The highest BCUT2D eigenvalue weighted by atomic mass is 16.5. The minimum absolute atomic E-state index is 0.287. The summed E-state index contributed by atoms with van der Waals surface area (Å²) in [4.78, 5) is 10.8. The number of nitrogens with zero attached hydrogens (tertiary/aromatic N) is 3. The molecule has 6 heteroatoms. The Balaban J connectivity index is 1.58. The van der Waals surface area contributed by atoms with E-state index >= 15 is 0 Å². The highest BCUT2D eigenvalue weighted by molar-refractivity contribution is 5.44. The first-order valence-electron chi connectivity index (χ1n) is 8.88. The van der Waals surface area contributed by atoms with E-state index in [1.807, 2.05) is 30.1 Å². The summed E-state index contributed by atoms with van der Waals surface area (Å²) in [7, 11) is 1.99. The molecule has 25 heavy (non-hydrogen) atoms. The average molecular weight is 341 g/mol. The predicted molar refractivity (Wildman–Crippen MR) is 101 cm³/mol. The van der Waals surface area contributed by atoms with Gasteiger partial charge in [-0.15, -0.1) is 0 Å². The number of likely N-dealkylation sites (N-methyl/N-ethyl adjacent to an activating group) is 1. The molecule has 0 bridgehead atoms. The average Bonchev–Trinajstić information content (AvgIpc) is 2.58. The zero-order valence-electron chi connectivity index (χ0n) is 15.0. The molecule has 0 unspecified atom stereocenters. The summed E-state index contributed by atoms with van der Waals surface area (Å²) < 4.78 is 5.86. The molecule has 2 aromatic rings. The molecule has 0 atom stereocenters. The predicted octanol–water partition coefficient (Wildman–Crippen LogP) is 2.34. The van der Waals surface area contributed by atoms with Crippen LogP contribution in [0, 0.1) is 0 Å². The van der Waals surface area contributed by atoms with Gasteiger partial charge in [-0.1, -0.05) is 19.1 Å². The van der Waals surface area contributed by atoms with Gasteiger partial charge in [-0.3, -0.25) is 0 Å². The second kappa shape index (κ2) is 7.70. The number of rotatable bonds is 7. The molecule has 4 N–H and O–H groups in total. The molecule has 1 aromatic heterocycles. The lowest BCUT2D eigenvalue weighted by molar-refractivity contribution is 0.325. The Morgan fingerprint density at radius 3 is 2.76 bits per heavy atom. The number of anilines is 2. The number of hydrogen-bond donors (Lipinski definition) is 2. The molecule has 0 saturated heterocycles. The van der Waals surface area contributed by atoms with E-state index in [4.69, 9.17) is 16.2 Å². The third kappa shape index (κ3) is 4.39. The second-order valence-electron chi connectivity index (χ2n) is 6.71. The van der Waals surface area contributed by atoms with Crippen LogP contribution in [0.1, 0.15) is 36.9 Å². The van der Waals surface area contributed by atoms with Crippen LogP contribution >= 0.6 is 0 Å². The lowest BCUT2D eigenvalue weighted by Gasteiger charge is -2.32. The fraction of sp³-hybridized carbons (Fsp3) is 0.474. The van der Waals surface area contributed by atoms with E-state index in [0.717, 1.165) is 43.1 Å². The molecule has 0 amide bonds. The molecule has 1 fully saturated rings. The molecule has 6 nitrogen and oxygen atoms in total. The smallest absolute Gasteiger partial charge is 0.222 e. The first kappa shape index (κ1) is 17.5.